The number of carbonyl (C=O) groups is 15. The molecule has 36 heteroatoms. The van der Waals surface area contributed by atoms with Crippen LogP contribution in [0.3, 0.4) is 0 Å². The summed E-state index contributed by atoms with van der Waals surface area (Å²) in [5, 5.41) is 93.1. The van der Waals surface area contributed by atoms with Crippen LogP contribution >= 0.6 is 22.6 Å². The molecule has 0 radical (unpaired) electrons. The predicted octanol–water partition coefficient (Wildman–Crippen LogP) is 3.22. The molecule has 9 amide bonds. The number of amides is 9. The smallest absolute Gasteiger partial charge is 0.326 e. The molecule has 16 N–H and O–H groups in total. The summed E-state index contributed by atoms with van der Waals surface area (Å²) >= 11 is 2.24. The van der Waals surface area contributed by atoms with E-state index in [1.54, 1.807) is 19.6 Å². The highest BCUT2D eigenvalue weighted by atomic mass is 127. The first-order valence-electron chi connectivity index (χ1n) is 39.7. The average molecular weight is 1730 g/mol. The van der Waals surface area contributed by atoms with E-state index < -0.39 is 120 Å². The first-order valence-corrected chi connectivity index (χ1v) is 40.8. The molecule has 1 aliphatic heterocycles. The molecule has 5 atom stereocenters. The van der Waals surface area contributed by atoms with Gasteiger partial charge < -0.3 is 83.6 Å². The Kier molecular flexibility index (Phi) is 44.6. The zero-order valence-corrected chi connectivity index (χ0v) is 67.5. The van der Waals surface area contributed by atoms with Crippen molar-refractivity contribution in [2.24, 2.45) is 11.8 Å². The molecule has 2 aliphatic rings. The van der Waals surface area contributed by atoms with Crippen molar-refractivity contribution in [3.8, 4) is 0 Å². The molecule has 1 saturated carbocycles. The standard InChI is InChI=1S/C79H116IN13O22/c80-59-31-26-53(27-32-59)14-13-22-65(94)81-35-11-8-18-61(76(109)110)86-67(96)21-4-2-1-3-20-66(95)85-60(17-7-10-36-82-68(97)49-90-38-40-91(50-70(100)101)42-44-93(52-72(104)105)45-43-92(41-39-90)51-71(102)103)74(107)84-48-54-23-29-57(30-24-54)73(106)87-64(47-55-25-28-56-15-5-6-16-58(56)46-55)75(108)83-37-12-9-19-62(77(111)112)88-79(115)89-63(78(113)114)33-34-69(98)99/h5-6,15-16,25-28,31-32,46,54,57,60-64H,1-4,7-14,17-24,29-30,33-45,47-52H2,(H,81,94)(H,82,97)(H,83,108)(H,84,107)(H,85,95)(H,86,96)(H,87,106)(H,98,99)(H,100,101)(H,102,103)(H,104,105)(H,109,110)(H,111,112)(H,113,114)(H2,88,89,115)/t54?,57?,60?,61-,62?,63?,64?/m0/s1. The van der Waals surface area contributed by atoms with Crippen molar-refractivity contribution in [2.45, 2.75) is 191 Å². The number of aryl methyl sites for hydroxylation is 1. The summed E-state index contributed by atoms with van der Waals surface area (Å²) < 4.78 is 1.13. The number of carboxylic acids is 7. The quantitative estimate of drug-likeness (QED) is 0.0285. The van der Waals surface area contributed by atoms with Gasteiger partial charge in [-0.1, -0.05) is 67.4 Å². The van der Waals surface area contributed by atoms with Gasteiger partial charge in [0.15, 0.2) is 0 Å². The van der Waals surface area contributed by atoms with E-state index in [1.165, 1.54) is 0 Å². The van der Waals surface area contributed by atoms with Gasteiger partial charge in [0.2, 0.25) is 41.4 Å². The second-order valence-corrected chi connectivity index (χ2v) is 30.7. The van der Waals surface area contributed by atoms with Gasteiger partial charge in [0.05, 0.1) is 26.2 Å². The normalized spacial score (nSPS) is 16.6. The average Bonchev–Trinajstić information content (AvgIpc) is 0.832. The summed E-state index contributed by atoms with van der Waals surface area (Å²) in [6.07, 6.45) is 7.40. The zero-order valence-electron chi connectivity index (χ0n) is 65.3. The van der Waals surface area contributed by atoms with E-state index in [9.17, 15) is 103 Å². The number of halogens is 1. The van der Waals surface area contributed by atoms with Crippen LogP contribution in [0.15, 0.2) is 66.7 Å². The Morgan fingerprint density at radius 3 is 1.31 bits per heavy atom. The van der Waals surface area contributed by atoms with Gasteiger partial charge in [-0.25, -0.2) is 19.2 Å². The number of aliphatic carboxylic acids is 7. The van der Waals surface area contributed by atoms with Crippen molar-refractivity contribution in [1.29, 1.82) is 0 Å². The Morgan fingerprint density at radius 2 is 0.809 bits per heavy atom. The van der Waals surface area contributed by atoms with Crippen molar-refractivity contribution in [3.05, 3.63) is 81.4 Å². The minimum absolute atomic E-state index is 0.0522. The van der Waals surface area contributed by atoms with Crippen LogP contribution < -0.4 is 47.9 Å². The van der Waals surface area contributed by atoms with E-state index >= 15 is 0 Å². The molecule has 3 aromatic carbocycles. The topological polar surface area (TPSA) is 519 Å². The molecule has 4 unspecified atom stereocenters. The Bertz CT molecular complexity index is 3650. The molecular formula is C79H116IN13O22. The number of hydrogen-bond acceptors (Lipinski definition) is 19. The van der Waals surface area contributed by atoms with Crippen LogP contribution in [0, 0.1) is 15.4 Å². The van der Waals surface area contributed by atoms with Crippen molar-refractivity contribution in [3.63, 3.8) is 0 Å². The maximum absolute atomic E-state index is 14.2. The van der Waals surface area contributed by atoms with Gasteiger partial charge in [0.25, 0.3) is 0 Å². The number of carboxylic acid groups (broad SMARTS) is 7. The first-order chi connectivity index (χ1) is 55.0. The van der Waals surface area contributed by atoms with Crippen molar-refractivity contribution in [1.82, 2.24) is 67.5 Å². The molecule has 115 heavy (non-hydrogen) atoms. The van der Waals surface area contributed by atoms with E-state index in [0.717, 1.165) is 31.9 Å². The molecule has 1 heterocycles. The van der Waals surface area contributed by atoms with Gasteiger partial charge >= 0.3 is 47.8 Å². The summed E-state index contributed by atoms with van der Waals surface area (Å²) in [7, 11) is 0. The van der Waals surface area contributed by atoms with Crippen LogP contribution in [0.2, 0.25) is 0 Å². The monoisotopic (exact) mass is 1730 g/mol. The van der Waals surface area contributed by atoms with Crippen LogP contribution in [0.4, 0.5) is 4.79 Å². The summed E-state index contributed by atoms with van der Waals surface area (Å²) in [5.74, 6) is -11.7. The third-order valence-corrected chi connectivity index (χ3v) is 20.9. The van der Waals surface area contributed by atoms with Crippen LogP contribution in [0.5, 0.6) is 0 Å². The maximum Gasteiger partial charge on any atom is 0.326 e. The minimum Gasteiger partial charge on any atom is -0.481 e. The van der Waals surface area contributed by atoms with E-state index in [-0.39, 0.29) is 173 Å². The Morgan fingerprint density at radius 1 is 0.374 bits per heavy atom. The maximum atomic E-state index is 14.2. The van der Waals surface area contributed by atoms with E-state index in [4.69, 9.17) is 5.11 Å². The predicted molar refractivity (Wildman–Crippen MR) is 430 cm³/mol. The number of benzene rings is 3. The highest BCUT2D eigenvalue weighted by Gasteiger charge is 2.32. The van der Waals surface area contributed by atoms with Crippen molar-refractivity contribution in [2.75, 3.05) is 105 Å². The number of fused-ring (bicyclic) bond motifs is 1. The number of nitrogens with zero attached hydrogens (tertiary/aromatic N) is 4. The zero-order chi connectivity index (χ0) is 84.0. The third kappa shape index (κ3) is 41.0. The minimum atomic E-state index is -1.58. The Balaban J connectivity index is 1.14. The van der Waals surface area contributed by atoms with Gasteiger partial charge in [-0.2, -0.15) is 0 Å². The van der Waals surface area contributed by atoms with Gasteiger partial charge in [-0.15, -0.1) is 0 Å². The van der Waals surface area contributed by atoms with Gasteiger partial charge in [-0.05, 0) is 178 Å². The van der Waals surface area contributed by atoms with Crippen LogP contribution in [-0.4, -0.2) is 279 Å². The molecule has 1 saturated heterocycles. The van der Waals surface area contributed by atoms with Gasteiger partial charge in [-0.3, -0.25) is 72.3 Å². The fraction of sp³-hybridized carbons (Fsp3) is 0.608. The molecule has 1 aliphatic carbocycles. The first kappa shape index (κ1) is 95.9. The lowest BCUT2D eigenvalue weighted by atomic mass is 9.81. The highest BCUT2D eigenvalue weighted by molar-refractivity contribution is 14.1. The summed E-state index contributed by atoms with van der Waals surface area (Å²) in [6.45, 7) is 1.50. The van der Waals surface area contributed by atoms with E-state index in [1.807, 2.05) is 66.7 Å². The second kappa shape index (κ2) is 53.5. The fourth-order valence-corrected chi connectivity index (χ4v) is 14.0. The van der Waals surface area contributed by atoms with Crippen LogP contribution in [-0.2, 0) is 80.0 Å². The number of carbonyl (C=O) groups excluding carboxylic acids is 8. The molecule has 0 bridgehead atoms. The molecule has 636 valence electrons. The van der Waals surface area contributed by atoms with Crippen molar-refractivity contribution < 1.29 is 108 Å². The molecule has 0 spiro atoms. The number of unbranched alkanes of at least 4 members (excludes halogenated alkanes) is 6. The molecule has 2 fully saturated rings. The second-order valence-electron chi connectivity index (χ2n) is 29.5. The summed E-state index contributed by atoms with van der Waals surface area (Å²) in [5.41, 5.74) is 1.92. The number of urea groups is 1. The lowest BCUT2D eigenvalue weighted by molar-refractivity contribution is -0.142. The lowest BCUT2D eigenvalue weighted by Crippen LogP contribution is -2.51. The Hall–Kier alpha value is -9.66. The van der Waals surface area contributed by atoms with Crippen LogP contribution in [0.1, 0.15) is 159 Å². The molecule has 35 nitrogen and oxygen atoms in total. The van der Waals surface area contributed by atoms with Gasteiger partial charge in [0, 0.05) is 120 Å². The highest BCUT2D eigenvalue weighted by Crippen LogP contribution is 2.29. The summed E-state index contributed by atoms with van der Waals surface area (Å²) in [6, 6.07) is 14.2. The number of hydrogen-bond donors (Lipinski definition) is 16. The number of rotatable bonds is 52. The SMILES string of the molecule is O=C(O)CCC(NC(=O)NC(CCCCNC(=O)C(Cc1ccc2ccccc2c1)NC(=O)C1CCC(CNC(=O)C(CCCCNC(=O)CN2CCN(CC(=O)O)CCN(CC(=O)O)CCN(CC(=O)O)CC2)NC(=O)CCCCCCC(=O)N[C@@H](CCCCNC(=O)CCCc2ccc(I)cc2)C(=O)O)CC1)C(=O)O)C(=O)O. The molecule has 3 aromatic rings. The fourth-order valence-electron chi connectivity index (χ4n) is 13.7. The van der Waals surface area contributed by atoms with E-state index in [2.05, 4.69) is 70.4 Å². The largest absolute Gasteiger partial charge is 0.481 e. The van der Waals surface area contributed by atoms with Crippen molar-refractivity contribution >= 4 is 123 Å². The third-order valence-electron chi connectivity index (χ3n) is 20.2. The van der Waals surface area contributed by atoms with Gasteiger partial charge in [0.1, 0.15) is 30.2 Å². The molecule has 5 rings (SSSR count). The molecule has 0 aromatic heterocycles. The van der Waals surface area contributed by atoms with E-state index in [0.29, 0.717) is 96.4 Å². The summed E-state index contributed by atoms with van der Waals surface area (Å²) in [4.78, 5) is 196. The molecular weight excluding hydrogens is 1610 g/mol. The Labute approximate surface area is 682 Å². The van der Waals surface area contributed by atoms with Crippen LogP contribution in [0.25, 0.3) is 10.8 Å². The number of nitrogens with one attached hydrogen (secondary N) is 9. The lowest BCUT2D eigenvalue weighted by Gasteiger charge is -2.32.